The van der Waals surface area contributed by atoms with E-state index in [9.17, 15) is 57.8 Å². The van der Waals surface area contributed by atoms with Crippen LogP contribution in [0.5, 0.6) is 0 Å². The van der Waals surface area contributed by atoms with Gasteiger partial charge in [0.1, 0.15) is 0 Å². The topological polar surface area (TPSA) is 38.7 Å². The summed E-state index contributed by atoms with van der Waals surface area (Å²) >= 11 is 0. The van der Waals surface area contributed by atoms with Crippen molar-refractivity contribution in [3.05, 3.63) is 59.7 Å². The Morgan fingerprint density at radius 2 is 0.857 bits per heavy atom. The van der Waals surface area contributed by atoms with E-state index in [0.29, 0.717) is 24.3 Å². The summed E-state index contributed by atoms with van der Waals surface area (Å²) < 4.78 is 179. The van der Waals surface area contributed by atoms with E-state index < -0.39 is 71.0 Å². The van der Waals surface area contributed by atoms with Crippen LogP contribution in [0, 0.1) is 0 Å². The van der Waals surface area contributed by atoms with Crippen molar-refractivity contribution in [1.82, 2.24) is 0 Å². The molecule has 2 aliphatic rings. The third kappa shape index (κ3) is 2.75. The van der Waals surface area contributed by atoms with E-state index >= 15 is 0 Å². The van der Waals surface area contributed by atoms with Gasteiger partial charge in [-0.15, -0.1) is 0 Å². The first kappa shape index (κ1) is 26.0. The number of aliphatic hydroxyl groups is 1. The fraction of sp³-hybridized carbons (Fsp3) is 0.368. The zero-order valence-corrected chi connectivity index (χ0v) is 17.5. The van der Waals surface area contributed by atoms with E-state index in [1.165, 1.54) is 0 Å². The van der Waals surface area contributed by atoms with Gasteiger partial charge in [0.2, 0.25) is 0 Å². The standard InChI is InChI=1S/C19H11F12O3P/c20-16(21,22)14(17(23,24)25)10-5-1-3-7-12(10)35(9-32,33-14)13-8-4-2-6-11(13)15(34-35,18(26,27)28)19(29,30)31/h1-8,32H,9H2. The molecule has 0 amide bonds. The molecule has 0 saturated carbocycles. The average Bonchev–Trinajstić information content (AvgIpc) is 3.17. The first-order chi connectivity index (χ1) is 15.8. The second kappa shape index (κ2) is 6.81. The van der Waals surface area contributed by atoms with Crippen LogP contribution in [-0.4, -0.2) is 36.2 Å². The van der Waals surface area contributed by atoms with Gasteiger partial charge in [0.15, 0.2) is 0 Å². The van der Waals surface area contributed by atoms with E-state index in [2.05, 4.69) is 9.05 Å². The van der Waals surface area contributed by atoms with Crippen molar-refractivity contribution in [2.24, 2.45) is 0 Å². The van der Waals surface area contributed by atoms with Crippen LogP contribution >= 0.6 is 7.06 Å². The summed E-state index contributed by atoms with van der Waals surface area (Å²) in [7, 11) is -6.90. The summed E-state index contributed by atoms with van der Waals surface area (Å²) in [4.78, 5) is 0. The molecule has 0 radical (unpaired) electrons. The van der Waals surface area contributed by atoms with Crippen LogP contribution in [0.2, 0.25) is 0 Å². The van der Waals surface area contributed by atoms with Gasteiger partial charge in [-0.1, -0.05) is 0 Å². The molecule has 2 aromatic rings. The van der Waals surface area contributed by atoms with Crippen LogP contribution in [-0.2, 0) is 20.2 Å². The van der Waals surface area contributed by atoms with Crippen LogP contribution in [0.15, 0.2) is 48.5 Å². The van der Waals surface area contributed by atoms with Crippen molar-refractivity contribution in [2.45, 2.75) is 35.9 Å². The number of aliphatic hydroxyl groups excluding tert-OH is 1. The molecule has 1 N–H and O–H groups in total. The zero-order valence-electron chi connectivity index (χ0n) is 16.6. The summed E-state index contributed by atoms with van der Waals surface area (Å²) in [6, 6.07) is 4.16. The SMILES string of the molecule is OCP12(OC(C(F)(F)F)(C(F)(F)F)c3ccccc31)OC(C(F)(F)F)(C(F)(F)F)c1ccccc12. The number of hydrogen-bond acceptors (Lipinski definition) is 3. The number of fused-ring (bicyclic) bond motifs is 4. The van der Waals surface area contributed by atoms with E-state index in [-0.39, 0.29) is 12.1 Å². The minimum atomic E-state index is -6.90. The van der Waals surface area contributed by atoms with Gasteiger partial charge in [0.25, 0.3) is 0 Å². The molecule has 0 saturated heterocycles. The predicted octanol–water partition coefficient (Wildman–Crippen LogP) is 5.67. The van der Waals surface area contributed by atoms with E-state index in [1.807, 2.05) is 0 Å². The van der Waals surface area contributed by atoms with Gasteiger partial charge in [-0.3, -0.25) is 0 Å². The summed E-state index contributed by atoms with van der Waals surface area (Å²) in [5.41, 5.74) is -14.5. The Morgan fingerprint density at radius 1 is 0.571 bits per heavy atom. The molecule has 0 unspecified atom stereocenters. The number of alkyl halides is 12. The Bertz CT molecular complexity index is 1060. The number of rotatable bonds is 1. The first-order valence-electron chi connectivity index (χ1n) is 9.28. The number of hydrogen-bond donors (Lipinski definition) is 1. The zero-order chi connectivity index (χ0) is 26.5. The third-order valence-corrected chi connectivity index (χ3v) is 10.6. The molecule has 2 aromatic carbocycles. The van der Waals surface area contributed by atoms with Crippen molar-refractivity contribution >= 4 is 17.7 Å². The van der Waals surface area contributed by atoms with Gasteiger partial charge in [-0.2, -0.15) is 0 Å². The van der Waals surface area contributed by atoms with E-state index in [0.717, 1.165) is 12.1 Å². The second-order valence-corrected chi connectivity index (χ2v) is 11.7. The molecule has 194 valence electrons. The normalized spacial score (nSPS) is 23.4. The molecular formula is C19H11F12O3P. The van der Waals surface area contributed by atoms with Crippen molar-refractivity contribution < 1.29 is 66.8 Å². The van der Waals surface area contributed by atoms with Crippen molar-refractivity contribution in [2.75, 3.05) is 6.35 Å². The van der Waals surface area contributed by atoms with Crippen molar-refractivity contribution in [3.8, 4) is 0 Å². The average molecular weight is 546 g/mol. The molecule has 4 rings (SSSR count). The van der Waals surface area contributed by atoms with Crippen LogP contribution in [0.3, 0.4) is 0 Å². The fourth-order valence-corrected chi connectivity index (χ4v) is 9.80. The van der Waals surface area contributed by atoms with Gasteiger partial charge in [-0.25, -0.2) is 0 Å². The monoisotopic (exact) mass is 546 g/mol. The van der Waals surface area contributed by atoms with Gasteiger partial charge in [-0.05, 0) is 0 Å². The van der Waals surface area contributed by atoms with Crippen LogP contribution in [0.4, 0.5) is 52.7 Å². The Balaban J connectivity index is 2.27. The Morgan fingerprint density at radius 3 is 1.11 bits per heavy atom. The number of benzene rings is 2. The molecule has 0 atom stereocenters. The molecule has 0 bridgehead atoms. The summed E-state index contributed by atoms with van der Waals surface area (Å²) in [6.07, 6.45) is -28.0. The van der Waals surface area contributed by atoms with Gasteiger partial charge in [0.05, 0.1) is 0 Å². The summed E-state index contributed by atoms with van der Waals surface area (Å²) in [5, 5.41) is 7.49. The molecule has 2 aliphatic heterocycles. The quantitative estimate of drug-likeness (QED) is 0.370. The molecule has 0 aliphatic carbocycles. The van der Waals surface area contributed by atoms with Crippen molar-refractivity contribution in [1.29, 1.82) is 0 Å². The van der Waals surface area contributed by atoms with E-state index in [1.54, 1.807) is 0 Å². The van der Waals surface area contributed by atoms with E-state index in [4.69, 9.17) is 0 Å². The minimum absolute atomic E-state index is 0.209. The van der Waals surface area contributed by atoms with Gasteiger partial charge < -0.3 is 0 Å². The predicted molar refractivity (Wildman–Crippen MR) is 95.9 cm³/mol. The molecule has 2 heterocycles. The summed E-state index contributed by atoms with van der Waals surface area (Å²) in [5.74, 6) is 0. The van der Waals surface area contributed by atoms with Gasteiger partial charge in [0, 0.05) is 0 Å². The Hall–Kier alpha value is -2.09. The maximum absolute atomic E-state index is 14.2. The van der Waals surface area contributed by atoms with Crippen molar-refractivity contribution in [3.63, 3.8) is 0 Å². The molecule has 0 fully saturated rings. The van der Waals surface area contributed by atoms with Crippen LogP contribution in [0.1, 0.15) is 11.1 Å². The van der Waals surface area contributed by atoms with Crippen LogP contribution in [0.25, 0.3) is 0 Å². The fourth-order valence-electron chi connectivity index (χ4n) is 4.70. The molecule has 16 heteroatoms. The second-order valence-electron chi connectivity index (χ2n) is 7.84. The molecule has 1 spiro atoms. The summed E-state index contributed by atoms with van der Waals surface area (Å²) in [6.45, 7) is 0. The molecular weight excluding hydrogens is 535 g/mol. The maximum atomic E-state index is 14.2. The Labute approximate surface area is 187 Å². The van der Waals surface area contributed by atoms with Crippen LogP contribution < -0.4 is 10.6 Å². The Kier molecular flexibility index (Phi) is 5.06. The molecule has 0 aromatic heterocycles. The first-order valence-corrected chi connectivity index (χ1v) is 11.5. The third-order valence-electron chi connectivity index (χ3n) is 6.06. The van der Waals surface area contributed by atoms with Gasteiger partial charge >= 0.3 is 186 Å². The number of halogens is 12. The molecule has 35 heavy (non-hydrogen) atoms. The molecule has 3 nitrogen and oxygen atoms in total.